The number of rotatable bonds is 0. The van der Waals surface area contributed by atoms with Gasteiger partial charge in [0.25, 0.3) is 0 Å². The van der Waals surface area contributed by atoms with Crippen molar-refractivity contribution in [1.29, 1.82) is 10.5 Å². The van der Waals surface area contributed by atoms with Gasteiger partial charge in [-0.05, 0) is 24.1 Å². The minimum Gasteiger partial charge on any atom is -0.294 e. The molecule has 3 heteroatoms. The fourth-order valence-electron chi connectivity index (χ4n) is 1.68. The average molecular weight is 182 g/mol. The number of aryl methyl sites for hydroxylation is 1. The van der Waals surface area contributed by atoms with Crippen LogP contribution >= 0.6 is 0 Å². The Morgan fingerprint density at radius 3 is 2.36 bits per heavy atom. The zero-order chi connectivity index (χ0) is 10.1. The number of benzene rings is 1. The van der Waals surface area contributed by atoms with Crippen molar-refractivity contribution < 1.29 is 4.79 Å². The van der Waals surface area contributed by atoms with Crippen LogP contribution in [0.15, 0.2) is 12.1 Å². The summed E-state index contributed by atoms with van der Waals surface area (Å²) in [6, 6.07) is 7.06. The molecule has 1 aliphatic rings. The Labute approximate surface area is 81.2 Å². The van der Waals surface area contributed by atoms with Gasteiger partial charge in [-0.25, -0.2) is 0 Å². The lowest BCUT2D eigenvalue weighted by Gasteiger charge is -1.99. The monoisotopic (exact) mass is 182 g/mol. The quantitative estimate of drug-likeness (QED) is 0.611. The van der Waals surface area contributed by atoms with Crippen LogP contribution in [0.5, 0.6) is 0 Å². The zero-order valence-electron chi connectivity index (χ0n) is 7.37. The normalized spacial score (nSPS) is 13.1. The molecule has 1 aromatic carbocycles. The van der Waals surface area contributed by atoms with Crippen LogP contribution in [0.4, 0.5) is 0 Å². The summed E-state index contributed by atoms with van der Waals surface area (Å²) in [6.07, 6.45) is 1.18. The SMILES string of the molecule is N#Cc1cc2c(cc1C#N)C(=O)CC2. The molecular formula is C11H6N2O. The summed E-state index contributed by atoms with van der Waals surface area (Å²) in [5, 5.41) is 17.5. The second-order valence-electron chi connectivity index (χ2n) is 3.20. The van der Waals surface area contributed by atoms with Gasteiger partial charge in [0.2, 0.25) is 0 Å². The Balaban J connectivity index is 2.69. The molecule has 1 aromatic rings. The number of hydrogen-bond acceptors (Lipinski definition) is 3. The number of ketones is 1. The maximum atomic E-state index is 11.3. The van der Waals surface area contributed by atoms with E-state index in [0.717, 1.165) is 5.56 Å². The van der Waals surface area contributed by atoms with Crippen LogP contribution in [-0.2, 0) is 6.42 Å². The van der Waals surface area contributed by atoms with E-state index in [0.29, 0.717) is 29.5 Å². The smallest absolute Gasteiger partial charge is 0.163 e. The first-order valence-corrected chi connectivity index (χ1v) is 4.26. The summed E-state index contributed by atoms with van der Waals surface area (Å²) in [4.78, 5) is 11.3. The summed E-state index contributed by atoms with van der Waals surface area (Å²) in [6.45, 7) is 0. The van der Waals surface area contributed by atoms with Crippen molar-refractivity contribution in [1.82, 2.24) is 0 Å². The minimum absolute atomic E-state index is 0.0704. The number of hydrogen-bond donors (Lipinski definition) is 0. The lowest BCUT2D eigenvalue weighted by atomic mass is 10.0. The van der Waals surface area contributed by atoms with E-state index in [4.69, 9.17) is 10.5 Å². The molecule has 66 valence electrons. The van der Waals surface area contributed by atoms with E-state index in [2.05, 4.69) is 0 Å². The Bertz CT molecular complexity index is 503. The molecular weight excluding hydrogens is 176 g/mol. The Hall–Kier alpha value is -2.13. The van der Waals surface area contributed by atoms with Gasteiger partial charge < -0.3 is 0 Å². The van der Waals surface area contributed by atoms with E-state index >= 15 is 0 Å². The van der Waals surface area contributed by atoms with Gasteiger partial charge in [0.1, 0.15) is 12.1 Å². The first-order chi connectivity index (χ1) is 6.76. The van der Waals surface area contributed by atoms with E-state index in [-0.39, 0.29) is 5.78 Å². The van der Waals surface area contributed by atoms with Crippen molar-refractivity contribution >= 4 is 5.78 Å². The van der Waals surface area contributed by atoms with Gasteiger partial charge in [-0.1, -0.05) is 0 Å². The summed E-state index contributed by atoms with van der Waals surface area (Å²) in [5.74, 6) is 0.0704. The molecule has 0 amide bonds. The molecule has 0 atom stereocenters. The van der Waals surface area contributed by atoms with Crippen LogP contribution in [0.1, 0.15) is 33.5 Å². The van der Waals surface area contributed by atoms with Gasteiger partial charge in [0.15, 0.2) is 5.78 Å². The molecule has 0 aromatic heterocycles. The van der Waals surface area contributed by atoms with Crippen LogP contribution in [0.3, 0.4) is 0 Å². The van der Waals surface area contributed by atoms with Crippen molar-refractivity contribution in [2.75, 3.05) is 0 Å². The highest BCUT2D eigenvalue weighted by molar-refractivity contribution is 6.00. The Kier molecular flexibility index (Phi) is 1.80. The summed E-state index contributed by atoms with van der Waals surface area (Å²) in [7, 11) is 0. The predicted molar refractivity (Wildman–Crippen MR) is 48.5 cm³/mol. The van der Waals surface area contributed by atoms with Gasteiger partial charge in [-0.2, -0.15) is 10.5 Å². The fourth-order valence-corrected chi connectivity index (χ4v) is 1.68. The third kappa shape index (κ3) is 1.08. The second kappa shape index (κ2) is 2.97. The molecule has 0 saturated heterocycles. The highest BCUT2D eigenvalue weighted by Crippen LogP contribution is 2.25. The summed E-state index contributed by atoms with van der Waals surface area (Å²) < 4.78 is 0. The molecule has 0 heterocycles. The van der Waals surface area contributed by atoms with Crippen molar-refractivity contribution in [3.05, 3.63) is 34.4 Å². The topological polar surface area (TPSA) is 64.7 Å². The van der Waals surface area contributed by atoms with Gasteiger partial charge in [-0.3, -0.25) is 4.79 Å². The number of carbonyl (C=O) groups excluding carboxylic acids is 1. The van der Waals surface area contributed by atoms with Crippen molar-refractivity contribution in [3.8, 4) is 12.1 Å². The largest absolute Gasteiger partial charge is 0.294 e. The molecule has 14 heavy (non-hydrogen) atoms. The third-order valence-electron chi connectivity index (χ3n) is 2.41. The lowest BCUT2D eigenvalue weighted by molar-refractivity contribution is 0.0994. The van der Waals surface area contributed by atoms with Crippen LogP contribution in [-0.4, -0.2) is 5.78 Å². The van der Waals surface area contributed by atoms with Crippen LogP contribution in [0.2, 0.25) is 0 Å². The number of carbonyl (C=O) groups is 1. The van der Waals surface area contributed by atoms with Crippen LogP contribution in [0.25, 0.3) is 0 Å². The van der Waals surface area contributed by atoms with Crippen molar-refractivity contribution in [2.24, 2.45) is 0 Å². The van der Waals surface area contributed by atoms with Crippen LogP contribution < -0.4 is 0 Å². The van der Waals surface area contributed by atoms with Gasteiger partial charge >= 0.3 is 0 Å². The average Bonchev–Trinajstić information content (AvgIpc) is 2.58. The molecule has 0 bridgehead atoms. The highest BCUT2D eigenvalue weighted by atomic mass is 16.1. The molecule has 0 unspecified atom stereocenters. The van der Waals surface area contributed by atoms with E-state index in [1.54, 1.807) is 6.07 Å². The van der Waals surface area contributed by atoms with Crippen molar-refractivity contribution in [3.63, 3.8) is 0 Å². The molecule has 0 spiro atoms. The van der Waals surface area contributed by atoms with E-state index < -0.39 is 0 Å². The zero-order valence-corrected chi connectivity index (χ0v) is 7.37. The molecule has 0 saturated carbocycles. The molecule has 0 N–H and O–H groups in total. The van der Waals surface area contributed by atoms with E-state index in [9.17, 15) is 4.79 Å². The second-order valence-corrected chi connectivity index (χ2v) is 3.20. The maximum absolute atomic E-state index is 11.3. The molecule has 2 rings (SSSR count). The molecule has 0 radical (unpaired) electrons. The molecule has 0 aliphatic heterocycles. The van der Waals surface area contributed by atoms with Gasteiger partial charge in [-0.15, -0.1) is 0 Å². The number of Topliss-reactive ketones (excluding diaryl/α,β-unsaturated/α-hetero) is 1. The number of nitriles is 2. The summed E-state index contributed by atoms with van der Waals surface area (Å²) in [5.41, 5.74) is 2.16. The fraction of sp³-hybridized carbons (Fsp3) is 0.182. The first-order valence-electron chi connectivity index (χ1n) is 4.26. The molecule has 1 aliphatic carbocycles. The molecule has 3 nitrogen and oxygen atoms in total. The van der Waals surface area contributed by atoms with E-state index in [1.165, 1.54) is 6.07 Å². The summed E-state index contributed by atoms with van der Waals surface area (Å²) >= 11 is 0. The van der Waals surface area contributed by atoms with Gasteiger partial charge in [0.05, 0.1) is 11.1 Å². The third-order valence-corrected chi connectivity index (χ3v) is 2.41. The standard InChI is InChI=1S/C11H6N2O/c12-5-8-3-7-1-2-11(14)10(7)4-9(8)6-13/h3-4H,1-2H2. The highest BCUT2D eigenvalue weighted by Gasteiger charge is 2.21. The lowest BCUT2D eigenvalue weighted by Crippen LogP contribution is -1.94. The Morgan fingerprint density at radius 2 is 1.71 bits per heavy atom. The predicted octanol–water partition coefficient (Wildman–Crippen LogP) is 1.56. The van der Waals surface area contributed by atoms with E-state index in [1.807, 2.05) is 12.1 Å². The minimum atomic E-state index is 0.0704. The Morgan fingerprint density at radius 1 is 1.07 bits per heavy atom. The number of fused-ring (bicyclic) bond motifs is 1. The van der Waals surface area contributed by atoms with Gasteiger partial charge in [0, 0.05) is 12.0 Å². The maximum Gasteiger partial charge on any atom is 0.163 e. The van der Waals surface area contributed by atoms with Crippen molar-refractivity contribution in [2.45, 2.75) is 12.8 Å². The molecule has 0 fully saturated rings. The van der Waals surface area contributed by atoms with Crippen LogP contribution in [0, 0.1) is 22.7 Å². The number of nitrogens with zero attached hydrogens (tertiary/aromatic N) is 2. The first kappa shape index (κ1) is 8.47.